The Kier molecular flexibility index (Phi) is 10.3. The zero-order valence-corrected chi connectivity index (χ0v) is 26.0. The summed E-state index contributed by atoms with van der Waals surface area (Å²) in [5.41, 5.74) is 0.952. The van der Waals surface area contributed by atoms with E-state index >= 15 is 0 Å². The van der Waals surface area contributed by atoms with Crippen molar-refractivity contribution in [3.8, 4) is 0 Å². The van der Waals surface area contributed by atoms with E-state index in [2.05, 4.69) is 26.3 Å². The van der Waals surface area contributed by atoms with Gasteiger partial charge in [0.15, 0.2) is 0 Å². The quantitative estimate of drug-likeness (QED) is 0.117. The molecule has 0 unspecified atom stereocenters. The largest absolute Gasteiger partial charge is 0.462 e. The molecule has 42 heavy (non-hydrogen) atoms. The van der Waals surface area contributed by atoms with E-state index in [1.807, 2.05) is 0 Å². The lowest BCUT2D eigenvalue weighted by Gasteiger charge is -2.71. The zero-order chi connectivity index (χ0) is 31.3. The maximum Gasteiger partial charge on any atom is 0.333 e. The summed E-state index contributed by atoms with van der Waals surface area (Å²) >= 11 is 0. The molecule has 0 amide bonds. The van der Waals surface area contributed by atoms with Crippen molar-refractivity contribution in [3.63, 3.8) is 0 Å². The summed E-state index contributed by atoms with van der Waals surface area (Å²) in [6.07, 6.45) is 8.34. The summed E-state index contributed by atoms with van der Waals surface area (Å²) in [5, 5.41) is 0. The van der Waals surface area contributed by atoms with Gasteiger partial charge in [0.1, 0.15) is 0 Å². The van der Waals surface area contributed by atoms with Crippen LogP contribution in [0.15, 0.2) is 48.6 Å². The van der Waals surface area contributed by atoms with E-state index < -0.39 is 23.9 Å². The van der Waals surface area contributed by atoms with Crippen LogP contribution in [0.4, 0.5) is 0 Å². The van der Waals surface area contributed by atoms with Crippen LogP contribution in [0.25, 0.3) is 0 Å². The van der Waals surface area contributed by atoms with Crippen LogP contribution in [0.2, 0.25) is 0 Å². The first-order chi connectivity index (χ1) is 19.6. The molecule has 8 nitrogen and oxygen atoms in total. The molecule has 0 radical (unpaired) electrons. The number of hydrogen-bond acceptors (Lipinski definition) is 8. The first kappa shape index (κ1) is 33.3. The molecule has 0 atom stereocenters. The molecule has 0 aromatic heterocycles. The third-order valence-corrected chi connectivity index (χ3v) is 9.36. The number of carbonyl (C=O) groups excluding carboxylic acids is 4. The summed E-state index contributed by atoms with van der Waals surface area (Å²) in [4.78, 5) is 48.8. The van der Waals surface area contributed by atoms with Gasteiger partial charge in [0.25, 0.3) is 0 Å². The highest BCUT2D eigenvalue weighted by Gasteiger charge is 2.67. The summed E-state index contributed by atoms with van der Waals surface area (Å²) in [6.45, 7) is 22.5. The van der Waals surface area contributed by atoms with E-state index in [-0.39, 0.29) is 48.1 Å². The summed E-state index contributed by atoms with van der Waals surface area (Å²) in [6, 6.07) is 0. The molecule has 0 heterocycles. The van der Waals surface area contributed by atoms with Gasteiger partial charge in [-0.05, 0) is 114 Å². The highest BCUT2D eigenvalue weighted by Crippen LogP contribution is 2.76. The summed E-state index contributed by atoms with van der Waals surface area (Å²) in [5.74, 6) is -1.60. The SMILES string of the molecule is C=C(C)C(=O)OCCC12CC3(CCOC(=O)C(=C)C)CC(CCOC(=O)C(=C)C)(C1)CC(CCOC(=O)C(=C)C)(C2)C3. The molecular weight excluding hydrogens is 536 g/mol. The Hall–Kier alpha value is -3.16. The molecule has 232 valence electrons. The average molecular weight is 585 g/mol. The lowest BCUT2D eigenvalue weighted by molar-refractivity contribution is -0.220. The van der Waals surface area contributed by atoms with Gasteiger partial charge in [0.2, 0.25) is 0 Å². The Bertz CT molecular complexity index is 944. The minimum absolute atomic E-state index is 0.126. The van der Waals surface area contributed by atoms with Crippen molar-refractivity contribution in [1.29, 1.82) is 0 Å². The highest BCUT2D eigenvalue weighted by molar-refractivity contribution is 5.88. The van der Waals surface area contributed by atoms with E-state index in [4.69, 9.17) is 18.9 Å². The lowest BCUT2D eigenvalue weighted by atomic mass is 9.33. The topological polar surface area (TPSA) is 105 Å². The second-order valence-electron chi connectivity index (χ2n) is 13.7. The predicted octanol–water partition coefficient (Wildman–Crippen LogP) is 6.35. The normalized spacial score (nSPS) is 28.9. The molecule has 4 aliphatic rings. The van der Waals surface area contributed by atoms with Gasteiger partial charge in [-0.25, -0.2) is 19.2 Å². The van der Waals surface area contributed by atoms with E-state index in [0.29, 0.717) is 48.0 Å². The standard InChI is InChI=1S/C34H48O8/c1-23(2)27(35)39-13-9-31-17-32(10-14-40-28(36)24(3)4)20-33(18-31,11-15-41-29(37)25(5)6)22-34(19-31,21-32)12-16-42-30(38)26(7)8/h1,3,5,7,9-22H2,2,4,6,8H3. The van der Waals surface area contributed by atoms with Crippen LogP contribution in [0.5, 0.6) is 0 Å². The number of esters is 4. The molecular formula is C34H48O8. The third-order valence-electron chi connectivity index (χ3n) is 9.36. The van der Waals surface area contributed by atoms with Crippen LogP contribution in [-0.2, 0) is 38.1 Å². The van der Waals surface area contributed by atoms with Crippen LogP contribution >= 0.6 is 0 Å². The van der Waals surface area contributed by atoms with Crippen molar-refractivity contribution in [3.05, 3.63) is 48.6 Å². The van der Waals surface area contributed by atoms with Crippen molar-refractivity contribution >= 4 is 23.9 Å². The number of ether oxygens (including phenoxy) is 4. The lowest BCUT2D eigenvalue weighted by Crippen LogP contribution is -2.62. The maximum atomic E-state index is 12.2. The average Bonchev–Trinajstić information content (AvgIpc) is 2.86. The molecule has 4 bridgehead atoms. The first-order valence-corrected chi connectivity index (χ1v) is 14.9. The van der Waals surface area contributed by atoms with E-state index in [9.17, 15) is 19.2 Å². The fourth-order valence-corrected chi connectivity index (χ4v) is 8.52. The van der Waals surface area contributed by atoms with Gasteiger partial charge < -0.3 is 18.9 Å². The summed E-state index contributed by atoms with van der Waals surface area (Å²) < 4.78 is 22.3. The molecule has 4 fully saturated rings. The summed E-state index contributed by atoms with van der Waals surface area (Å²) in [7, 11) is 0. The van der Waals surface area contributed by atoms with Crippen molar-refractivity contribution in [1.82, 2.24) is 0 Å². The van der Waals surface area contributed by atoms with Crippen molar-refractivity contribution in [2.24, 2.45) is 21.7 Å². The van der Waals surface area contributed by atoms with Crippen molar-refractivity contribution in [2.45, 2.75) is 91.9 Å². The van der Waals surface area contributed by atoms with Crippen LogP contribution in [0, 0.1) is 21.7 Å². The molecule has 0 saturated heterocycles. The predicted molar refractivity (Wildman–Crippen MR) is 159 cm³/mol. The molecule has 0 aromatic carbocycles. The smallest absolute Gasteiger partial charge is 0.333 e. The van der Waals surface area contributed by atoms with Gasteiger partial charge in [0.05, 0.1) is 26.4 Å². The molecule has 0 aliphatic heterocycles. The van der Waals surface area contributed by atoms with E-state index in [1.54, 1.807) is 27.7 Å². The van der Waals surface area contributed by atoms with Crippen LogP contribution in [0.1, 0.15) is 91.9 Å². The van der Waals surface area contributed by atoms with Crippen molar-refractivity contribution in [2.75, 3.05) is 26.4 Å². The zero-order valence-electron chi connectivity index (χ0n) is 26.0. The van der Waals surface area contributed by atoms with E-state index in [0.717, 1.165) is 38.5 Å². The van der Waals surface area contributed by atoms with Crippen LogP contribution in [-0.4, -0.2) is 50.3 Å². The second kappa shape index (κ2) is 13.0. The van der Waals surface area contributed by atoms with Gasteiger partial charge in [-0.2, -0.15) is 0 Å². The van der Waals surface area contributed by atoms with Gasteiger partial charge in [-0.15, -0.1) is 0 Å². The number of rotatable bonds is 16. The Morgan fingerprint density at radius 1 is 0.429 bits per heavy atom. The highest BCUT2D eigenvalue weighted by atomic mass is 16.5. The van der Waals surface area contributed by atoms with Gasteiger partial charge in [-0.1, -0.05) is 26.3 Å². The fourth-order valence-electron chi connectivity index (χ4n) is 8.52. The molecule has 4 rings (SSSR count). The van der Waals surface area contributed by atoms with Crippen LogP contribution < -0.4 is 0 Å². The Labute approximate surface area is 250 Å². The number of hydrogen-bond donors (Lipinski definition) is 0. The molecule has 0 N–H and O–H groups in total. The van der Waals surface area contributed by atoms with Gasteiger partial charge in [-0.3, -0.25) is 0 Å². The Morgan fingerprint density at radius 2 is 0.595 bits per heavy atom. The van der Waals surface area contributed by atoms with Gasteiger partial charge in [0, 0.05) is 22.3 Å². The fraction of sp³-hybridized carbons (Fsp3) is 0.647. The van der Waals surface area contributed by atoms with E-state index in [1.165, 1.54) is 0 Å². The van der Waals surface area contributed by atoms with Gasteiger partial charge >= 0.3 is 23.9 Å². The third kappa shape index (κ3) is 8.01. The van der Waals surface area contributed by atoms with Crippen molar-refractivity contribution < 1.29 is 38.1 Å². The Balaban J connectivity index is 1.92. The number of carbonyl (C=O) groups is 4. The maximum absolute atomic E-state index is 12.2. The Morgan fingerprint density at radius 3 is 0.738 bits per heavy atom. The first-order valence-electron chi connectivity index (χ1n) is 14.9. The minimum Gasteiger partial charge on any atom is -0.462 e. The molecule has 4 aliphatic carbocycles. The minimum atomic E-state index is -0.399. The van der Waals surface area contributed by atoms with Crippen LogP contribution in [0.3, 0.4) is 0 Å². The second-order valence-corrected chi connectivity index (χ2v) is 13.7. The molecule has 8 heteroatoms. The molecule has 4 saturated carbocycles. The monoisotopic (exact) mass is 584 g/mol. The molecule has 0 aromatic rings. The molecule has 0 spiro atoms.